The number of benzene rings is 2. The number of amides is 1. The molecule has 0 aliphatic heterocycles. The van der Waals surface area contributed by atoms with Crippen molar-refractivity contribution in [3.63, 3.8) is 0 Å². The van der Waals surface area contributed by atoms with Gasteiger partial charge in [0, 0.05) is 11.4 Å². The minimum absolute atomic E-state index is 0.0242. The normalized spacial score (nSPS) is 12.2. The number of hydrogen-bond donors (Lipinski definition) is 1. The molecule has 0 aromatic heterocycles. The Balaban J connectivity index is 1.87. The standard InChI is InChI=1S/C19H23FN2OS/c1-14-7-9-17(10-8-14)24-13-19(23)21-12-18(22(2)3)15-5-4-6-16(20)11-15/h4-11,18H,12-13H2,1-3H3,(H,21,23)/t18-/m0/s1. The van der Waals surface area contributed by atoms with Gasteiger partial charge in [0.15, 0.2) is 0 Å². The highest BCUT2D eigenvalue weighted by molar-refractivity contribution is 8.00. The molecule has 2 aromatic carbocycles. The number of thioether (sulfide) groups is 1. The van der Waals surface area contributed by atoms with Crippen LogP contribution < -0.4 is 5.32 Å². The lowest BCUT2D eigenvalue weighted by molar-refractivity contribution is -0.118. The molecule has 0 radical (unpaired) electrons. The molecule has 0 unspecified atom stereocenters. The Morgan fingerprint density at radius 2 is 1.92 bits per heavy atom. The fourth-order valence-electron chi connectivity index (χ4n) is 2.36. The van der Waals surface area contributed by atoms with Crippen LogP contribution in [-0.2, 0) is 4.79 Å². The Morgan fingerprint density at radius 3 is 2.54 bits per heavy atom. The number of aryl methyl sites for hydroxylation is 1. The van der Waals surface area contributed by atoms with E-state index in [2.05, 4.69) is 5.32 Å². The maximum atomic E-state index is 13.4. The molecule has 0 fully saturated rings. The smallest absolute Gasteiger partial charge is 0.230 e. The molecule has 0 saturated carbocycles. The van der Waals surface area contributed by atoms with Crippen LogP contribution in [0.4, 0.5) is 4.39 Å². The van der Waals surface area contributed by atoms with Gasteiger partial charge in [0.05, 0.1) is 11.8 Å². The molecule has 2 rings (SSSR count). The van der Waals surface area contributed by atoms with Crippen LogP contribution in [0.1, 0.15) is 17.2 Å². The van der Waals surface area contributed by atoms with Crippen LogP contribution in [0, 0.1) is 12.7 Å². The molecule has 1 atom stereocenters. The minimum atomic E-state index is -0.263. The van der Waals surface area contributed by atoms with Gasteiger partial charge in [-0.3, -0.25) is 4.79 Å². The fraction of sp³-hybridized carbons (Fsp3) is 0.316. The Morgan fingerprint density at radius 1 is 1.21 bits per heavy atom. The van der Waals surface area contributed by atoms with Gasteiger partial charge in [-0.15, -0.1) is 11.8 Å². The van der Waals surface area contributed by atoms with E-state index < -0.39 is 0 Å². The Labute approximate surface area is 147 Å². The average Bonchev–Trinajstić information content (AvgIpc) is 2.54. The maximum Gasteiger partial charge on any atom is 0.230 e. The third-order valence-corrected chi connectivity index (χ3v) is 4.75. The second kappa shape index (κ2) is 8.85. The van der Waals surface area contributed by atoms with Crippen LogP contribution in [0.3, 0.4) is 0 Å². The van der Waals surface area contributed by atoms with E-state index in [-0.39, 0.29) is 17.8 Å². The quantitative estimate of drug-likeness (QED) is 0.777. The molecule has 0 heterocycles. The molecule has 2 aromatic rings. The van der Waals surface area contributed by atoms with Crippen LogP contribution in [0.25, 0.3) is 0 Å². The van der Waals surface area contributed by atoms with Gasteiger partial charge in [-0.1, -0.05) is 29.8 Å². The van der Waals surface area contributed by atoms with Crippen molar-refractivity contribution in [1.82, 2.24) is 10.2 Å². The van der Waals surface area contributed by atoms with E-state index in [1.54, 1.807) is 6.07 Å². The van der Waals surface area contributed by atoms with Crippen LogP contribution in [0.5, 0.6) is 0 Å². The van der Waals surface area contributed by atoms with Crippen molar-refractivity contribution in [3.05, 3.63) is 65.5 Å². The van der Waals surface area contributed by atoms with Gasteiger partial charge in [-0.05, 0) is 50.8 Å². The van der Waals surface area contributed by atoms with E-state index in [9.17, 15) is 9.18 Å². The second-order valence-electron chi connectivity index (χ2n) is 5.94. The molecule has 3 nitrogen and oxygen atoms in total. The van der Waals surface area contributed by atoms with E-state index in [0.717, 1.165) is 10.5 Å². The highest BCUT2D eigenvalue weighted by Gasteiger charge is 2.16. The van der Waals surface area contributed by atoms with E-state index in [1.165, 1.54) is 29.5 Å². The van der Waals surface area contributed by atoms with Crippen molar-refractivity contribution in [2.24, 2.45) is 0 Å². The predicted octanol–water partition coefficient (Wildman–Crippen LogP) is 3.65. The van der Waals surface area contributed by atoms with Crippen molar-refractivity contribution in [3.8, 4) is 0 Å². The number of carbonyl (C=O) groups excluding carboxylic acids is 1. The number of carbonyl (C=O) groups is 1. The average molecular weight is 346 g/mol. The fourth-order valence-corrected chi connectivity index (χ4v) is 3.09. The van der Waals surface area contributed by atoms with Crippen LogP contribution >= 0.6 is 11.8 Å². The van der Waals surface area contributed by atoms with Crippen molar-refractivity contribution < 1.29 is 9.18 Å². The topological polar surface area (TPSA) is 32.3 Å². The second-order valence-corrected chi connectivity index (χ2v) is 6.99. The first-order valence-corrected chi connectivity index (χ1v) is 8.82. The number of likely N-dealkylation sites (N-methyl/N-ethyl adjacent to an activating group) is 1. The summed E-state index contributed by atoms with van der Waals surface area (Å²) in [6.07, 6.45) is 0. The Hall–Kier alpha value is -1.85. The van der Waals surface area contributed by atoms with Crippen LogP contribution in [0.15, 0.2) is 53.4 Å². The molecule has 128 valence electrons. The summed E-state index contributed by atoms with van der Waals surface area (Å²) in [7, 11) is 3.84. The molecular formula is C19H23FN2OS. The molecule has 0 saturated heterocycles. The summed E-state index contributed by atoms with van der Waals surface area (Å²) >= 11 is 1.51. The molecular weight excluding hydrogens is 323 g/mol. The zero-order chi connectivity index (χ0) is 17.5. The lowest BCUT2D eigenvalue weighted by atomic mass is 10.1. The molecule has 0 aliphatic rings. The summed E-state index contributed by atoms with van der Waals surface area (Å²) in [5.74, 6) is 0.0799. The van der Waals surface area contributed by atoms with Gasteiger partial charge in [0.1, 0.15) is 5.82 Å². The SMILES string of the molecule is Cc1ccc(SCC(=O)NC[C@@H](c2cccc(F)c2)N(C)C)cc1. The van der Waals surface area contributed by atoms with Crippen molar-refractivity contribution >= 4 is 17.7 Å². The van der Waals surface area contributed by atoms with E-state index in [1.807, 2.05) is 56.3 Å². The highest BCUT2D eigenvalue weighted by atomic mass is 32.2. The first-order valence-electron chi connectivity index (χ1n) is 7.84. The van der Waals surface area contributed by atoms with Gasteiger partial charge in [0.25, 0.3) is 0 Å². The number of nitrogens with zero attached hydrogens (tertiary/aromatic N) is 1. The number of halogens is 1. The van der Waals surface area contributed by atoms with Crippen LogP contribution in [-0.4, -0.2) is 37.2 Å². The molecule has 0 bridgehead atoms. The Kier molecular flexibility index (Phi) is 6.82. The van der Waals surface area contributed by atoms with E-state index in [4.69, 9.17) is 0 Å². The molecule has 24 heavy (non-hydrogen) atoms. The third kappa shape index (κ3) is 5.65. The Bertz CT molecular complexity index is 673. The summed E-state index contributed by atoms with van der Waals surface area (Å²) in [6.45, 7) is 2.48. The van der Waals surface area contributed by atoms with Crippen molar-refractivity contribution in [1.29, 1.82) is 0 Å². The largest absolute Gasteiger partial charge is 0.353 e. The summed E-state index contributed by atoms with van der Waals surface area (Å²) < 4.78 is 13.4. The lowest BCUT2D eigenvalue weighted by Crippen LogP contribution is -2.35. The minimum Gasteiger partial charge on any atom is -0.353 e. The summed E-state index contributed by atoms with van der Waals surface area (Å²) in [5.41, 5.74) is 2.05. The van der Waals surface area contributed by atoms with Gasteiger partial charge in [0.2, 0.25) is 5.91 Å². The zero-order valence-electron chi connectivity index (χ0n) is 14.3. The summed E-state index contributed by atoms with van der Waals surface area (Å²) in [5, 5.41) is 2.94. The maximum absolute atomic E-state index is 13.4. The highest BCUT2D eigenvalue weighted by Crippen LogP contribution is 2.20. The zero-order valence-corrected chi connectivity index (χ0v) is 15.1. The lowest BCUT2D eigenvalue weighted by Gasteiger charge is -2.25. The van der Waals surface area contributed by atoms with E-state index in [0.29, 0.717) is 12.3 Å². The summed E-state index contributed by atoms with van der Waals surface area (Å²) in [6, 6.07) is 14.5. The number of hydrogen-bond acceptors (Lipinski definition) is 3. The molecule has 0 aliphatic carbocycles. The van der Waals surface area contributed by atoms with Gasteiger partial charge in [-0.2, -0.15) is 0 Å². The number of rotatable bonds is 7. The van der Waals surface area contributed by atoms with E-state index >= 15 is 0 Å². The molecule has 0 spiro atoms. The van der Waals surface area contributed by atoms with Crippen LogP contribution in [0.2, 0.25) is 0 Å². The monoisotopic (exact) mass is 346 g/mol. The van der Waals surface area contributed by atoms with Gasteiger partial charge < -0.3 is 10.2 Å². The first kappa shape index (κ1) is 18.5. The molecule has 1 N–H and O–H groups in total. The van der Waals surface area contributed by atoms with Crippen molar-refractivity contribution in [2.75, 3.05) is 26.4 Å². The van der Waals surface area contributed by atoms with Crippen molar-refractivity contribution in [2.45, 2.75) is 17.9 Å². The predicted molar refractivity (Wildman–Crippen MR) is 97.7 cm³/mol. The third-order valence-electron chi connectivity index (χ3n) is 3.74. The van der Waals surface area contributed by atoms with Gasteiger partial charge in [-0.25, -0.2) is 4.39 Å². The number of nitrogens with one attached hydrogen (secondary N) is 1. The first-order chi connectivity index (χ1) is 11.5. The van der Waals surface area contributed by atoms with Gasteiger partial charge >= 0.3 is 0 Å². The molecule has 5 heteroatoms. The summed E-state index contributed by atoms with van der Waals surface area (Å²) in [4.78, 5) is 15.1. The molecule has 1 amide bonds.